The maximum absolute atomic E-state index is 5.77. The fraction of sp³-hybridized carbons (Fsp3) is 0.571. The summed E-state index contributed by atoms with van der Waals surface area (Å²) in [5.41, 5.74) is 8.57. The van der Waals surface area contributed by atoms with Gasteiger partial charge in [-0.25, -0.2) is 4.98 Å². The molecular weight excluding hydrogens is 272 g/mol. The van der Waals surface area contributed by atoms with Crippen molar-refractivity contribution in [2.75, 3.05) is 45.7 Å². The van der Waals surface area contributed by atoms with Gasteiger partial charge in [-0.05, 0) is 39.6 Å². The smallest absolute Gasteiger partial charge is 0.136 e. The van der Waals surface area contributed by atoms with Gasteiger partial charge in [0.25, 0.3) is 0 Å². The van der Waals surface area contributed by atoms with Gasteiger partial charge in [-0.2, -0.15) is 0 Å². The third kappa shape index (κ3) is 5.40. The Morgan fingerprint density at radius 3 is 2.70 bits per heavy atom. The summed E-state index contributed by atoms with van der Waals surface area (Å²) < 4.78 is 5.53. The Kier molecular flexibility index (Phi) is 6.84. The van der Waals surface area contributed by atoms with Crippen molar-refractivity contribution in [2.45, 2.75) is 13.8 Å². The van der Waals surface area contributed by atoms with Crippen molar-refractivity contribution in [2.24, 2.45) is 5.73 Å². The number of hydrogen-bond donors (Lipinski definition) is 2. The SMILES string of the molecule is Cc1cc(C)c(C(N)=S)c(NCCOCCN(C)C)n1. The number of likely N-dealkylation sites (N-methyl/N-ethyl adjacent to an activating group) is 1. The first-order valence-corrected chi connectivity index (χ1v) is 7.07. The monoisotopic (exact) mass is 296 g/mol. The fourth-order valence-corrected chi connectivity index (χ4v) is 2.12. The Hall–Kier alpha value is -1.24. The van der Waals surface area contributed by atoms with Crippen LogP contribution in [0.15, 0.2) is 6.07 Å². The van der Waals surface area contributed by atoms with E-state index < -0.39 is 0 Å². The van der Waals surface area contributed by atoms with Gasteiger partial charge in [-0.1, -0.05) is 12.2 Å². The molecule has 0 bridgehead atoms. The van der Waals surface area contributed by atoms with E-state index in [9.17, 15) is 0 Å². The number of hydrogen-bond acceptors (Lipinski definition) is 5. The molecule has 1 rings (SSSR count). The Labute approximate surface area is 126 Å². The summed E-state index contributed by atoms with van der Waals surface area (Å²) in [6.07, 6.45) is 0. The summed E-state index contributed by atoms with van der Waals surface area (Å²) in [6.45, 7) is 6.88. The lowest BCUT2D eigenvalue weighted by Crippen LogP contribution is -2.21. The summed E-state index contributed by atoms with van der Waals surface area (Å²) in [5.74, 6) is 0.742. The molecule has 5 nitrogen and oxygen atoms in total. The third-order valence-corrected chi connectivity index (χ3v) is 3.02. The molecule has 1 aromatic heterocycles. The first kappa shape index (κ1) is 16.8. The van der Waals surface area contributed by atoms with Crippen LogP contribution in [0.3, 0.4) is 0 Å². The minimum absolute atomic E-state index is 0.367. The maximum atomic E-state index is 5.77. The number of aryl methyl sites for hydroxylation is 2. The second-order valence-corrected chi connectivity index (χ2v) is 5.45. The minimum atomic E-state index is 0.367. The van der Waals surface area contributed by atoms with Crippen LogP contribution in [-0.2, 0) is 4.74 Å². The van der Waals surface area contributed by atoms with Crippen LogP contribution in [0.25, 0.3) is 0 Å². The van der Waals surface area contributed by atoms with Crippen LogP contribution >= 0.6 is 12.2 Å². The zero-order valence-electron chi connectivity index (χ0n) is 12.7. The lowest BCUT2D eigenvalue weighted by Gasteiger charge is -2.14. The molecule has 0 saturated heterocycles. The van der Waals surface area contributed by atoms with Gasteiger partial charge in [0.1, 0.15) is 10.8 Å². The molecule has 1 aromatic rings. The van der Waals surface area contributed by atoms with Gasteiger partial charge >= 0.3 is 0 Å². The Balaban J connectivity index is 2.53. The van der Waals surface area contributed by atoms with E-state index >= 15 is 0 Å². The lowest BCUT2D eigenvalue weighted by atomic mass is 10.1. The molecule has 0 radical (unpaired) electrons. The van der Waals surface area contributed by atoms with Crippen LogP contribution in [0.1, 0.15) is 16.8 Å². The van der Waals surface area contributed by atoms with Gasteiger partial charge in [0, 0.05) is 18.8 Å². The highest BCUT2D eigenvalue weighted by molar-refractivity contribution is 7.80. The van der Waals surface area contributed by atoms with Gasteiger partial charge in [0.15, 0.2) is 0 Å². The molecule has 112 valence electrons. The van der Waals surface area contributed by atoms with Gasteiger partial charge < -0.3 is 20.7 Å². The number of nitrogens with one attached hydrogen (secondary N) is 1. The van der Waals surface area contributed by atoms with Gasteiger partial charge in [-0.3, -0.25) is 0 Å². The number of ether oxygens (including phenoxy) is 1. The standard InChI is InChI=1S/C14H24N4OS/c1-10-9-11(2)17-14(12(10)13(15)20)16-5-7-19-8-6-18(3)4/h9H,5-8H2,1-4H3,(H2,15,20)(H,16,17). The summed E-state index contributed by atoms with van der Waals surface area (Å²) in [4.78, 5) is 6.91. The lowest BCUT2D eigenvalue weighted by molar-refractivity contribution is 0.126. The zero-order chi connectivity index (χ0) is 15.1. The van der Waals surface area contributed by atoms with Crippen molar-refractivity contribution < 1.29 is 4.74 Å². The highest BCUT2D eigenvalue weighted by Crippen LogP contribution is 2.18. The minimum Gasteiger partial charge on any atom is -0.389 e. The first-order chi connectivity index (χ1) is 9.41. The van der Waals surface area contributed by atoms with E-state index in [-0.39, 0.29) is 0 Å². The number of pyridine rings is 1. The van der Waals surface area contributed by atoms with Crippen LogP contribution in [-0.4, -0.2) is 55.3 Å². The first-order valence-electron chi connectivity index (χ1n) is 6.66. The summed E-state index contributed by atoms with van der Waals surface area (Å²) >= 11 is 5.09. The number of rotatable bonds is 8. The molecule has 0 aromatic carbocycles. The molecule has 0 aliphatic carbocycles. The summed E-state index contributed by atoms with van der Waals surface area (Å²) in [7, 11) is 4.05. The zero-order valence-corrected chi connectivity index (χ0v) is 13.5. The van der Waals surface area contributed by atoms with Crippen LogP contribution in [0.2, 0.25) is 0 Å². The molecule has 0 spiro atoms. The number of aromatic nitrogens is 1. The summed E-state index contributed by atoms with van der Waals surface area (Å²) in [5, 5.41) is 3.25. The molecule has 0 saturated carbocycles. The predicted molar refractivity (Wildman–Crippen MR) is 87.5 cm³/mol. The molecule has 0 amide bonds. The topological polar surface area (TPSA) is 63.4 Å². The van der Waals surface area contributed by atoms with E-state index in [2.05, 4.69) is 15.2 Å². The Morgan fingerprint density at radius 2 is 2.10 bits per heavy atom. The van der Waals surface area contributed by atoms with Crippen LogP contribution in [0, 0.1) is 13.8 Å². The van der Waals surface area contributed by atoms with Crippen molar-refractivity contribution >= 4 is 23.0 Å². The molecule has 3 N–H and O–H groups in total. The quantitative estimate of drug-likeness (QED) is 0.557. The van der Waals surface area contributed by atoms with E-state index in [0.29, 0.717) is 18.1 Å². The summed E-state index contributed by atoms with van der Waals surface area (Å²) in [6, 6.07) is 1.98. The average molecular weight is 296 g/mol. The molecule has 0 aliphatic rings. The largest absolute Gasteiger partial charge is 0.389 e. The number of thiocarbonyl (C=S) groups is 1. The van der Waals surface area contributed by atoms with E-state index in [0.717, 1.165) is 35.8 Å². The van der Waals surface area contributed by atoms with Crippen LogP contribution in [0.4, 0.5) is 5.82 Å². The van der Waals surface area contributed by atoms with E-state index in [1.807, 2.05) is 34.0 Å². The van der Waals surface area contributed by atoms with Crippen molar-refractivity contribution in [3.63, 3.8) is 0 Å². The highest BCUT2D eigenvalue weighted by atomic mass is 32.1. The van der Waals surface area contributed by atoms with Gasteiger partial charge in [-0.15, -0.1) is 0 Å². The average Bonchev–Trinajstić information content (AvgIpc) is 2.31. The van der Waals surface area contributed by atoms with E-state index in [1.165, 1.54) is 0 Å². The number of nitrogens with zero attached hydrogens (tertiary/aromatic N) is 2. The predicted octanol–water partition coefficient (Wildman–Crippen LogP) is 1.32. The molecule has 0 fully saturated rings. The normalized spacial score (nSPS) is 10.8. The third-order valence-electron chi connectivity index (χ3n) is 2.81. The van der Waals surface area contributed by atoms with E-state index in [4.69, 9.17) is 22.7 Å². The number of anilines is 1. The molecule has 20 heavy (non-hydrogen) atoms. The van der Waals surface area contributed by atoms with E-state index in [1.54, 1.807) is 0 Å². The van der Waals surface area contributed by atoms with Crippen molar-refractivity contribution in [1.82, 2.24) is 9.88 Å². The fourth-order valence-electron chi connectivity index (χ4n) is 1.87. The van der Waals surface area contributed by atoms with Crippen molar-refractivity contribution in [1.29, 1.82) is 0 Å². The Bertz CT molecular complexity index is 463. The molecular formula is C14H24N4OS. The van der Waals surface area contributed by atoms with Gasteiger partial charge in [0.2, 0.25) is 0 Å². The second kappa shape index (κ2) is 8.14. The van der Waals surface area contributed by atoms with Crippen molar-refractivity contribution in [3.8, 4) is 0 Å². The molecule has 0 unspecified atom stereocenters. The van der Waals surface area contributed by atoms with Crippen LogP contribution < -0.4 is 11.1 Å². The van der Waals surface area contributed by atoms with Crippen molar-refractivity contribution in [3.05, 3.63) is 22.9 Å². The highest BCUT2D eigenvalue weighted by Gasteiger charge is 2.10. The molecule has 0 atom stereocenters. The molecule has 0 aliphatic heterocycles. The Morgan fingerprint density at radius 1 is 1.40 bits per heavy atom. The molecule has 6 heteroatoms. The molecule has 1 heterocycles. The maximum Gasteiger partial charge on any atom is 0.136 e. The van der Waals surface area contributed by atoms with Crippen LogP contribution in [0.5, 0.6) is 0 Å². The second-order valence-electron chi connectivity index (χ2n) is 5.01. The van der Waals surface area contributed by atoms with Gasteiger partial charge in [0.05, 0.1) is 18.8 Å². The number of nitrogens with two attached hydrogens (primary N) is 1.